The Labute approximate surface area is 104 Å². The summed E-state index contributed by atoms with van der Waals surface area (Å²) in [6.45, 7) is 8.68. The van der Waals surface area contributed by atoms with Gasteiger partial charge in [-0.25, -0.2) is 0 Å². The molecule has 0 unspecified atom stereocenters. The maximum Gasteiger partial charge on any atom is 0.0601 e. The molecule has 1 aromatic carbocycles. The summed E-state index contributed by atoms with van der Waals surface area (Å²) in [6, 6.07) is 6.49. The van der Waals surface area contributed by atoms with Crippen molar-refractivity contribution >= 4 is 17.1 Å². The number of nitrogens with two attached hydrogens (primary N) is 1. The van der Waals surface area contributed by atoms with Crippen LogP contribution in [0.25, 0.3) is 0 Å². The van der Waals surface area contributed by atoms with Gasteiger partial charge < -0.3 is 15.5 Å². The molecule has 0 saturated carbocycles. The standard InChI is InChI=1S/C14H23N3/c1-3-16(4-2)14-8-7-12(11-13(14)15)17-9-5-6-10-17/h7-8,11H,3-6,9-10,15H2,1-2H3. The van der Waals surface area contributed by atoms with Gasteiger partial charge in [0.2, 0.25) is 0 Å². The Morgan fingerprint density at radius 2 is 1.82 bits per heavy atom. The molecule has 1 heterocycles. The highest BCUT2D eigenvalue weighted by molar-refractivity contribution is 5.73. The zero-order valence-corrected chi connectivity index (χ0v) is 10.9. The van der Waals surface area contributed by atoms with Crippen molar-refractivity contribution in [3.05, 3.63) is 18.2 Å². The number of hydrogen-bond acceptors (Lipinski definition) is 3. The van der Waals surface area contributed by atoms with E-state index in [1.54, 1.807) is 0 Å². The van der Waals surface area contributed by atoms with Gasteiger partial charge in [0, 0.05) is 31.9 Å². The Balaban J connectivity index is 2.21. The Morgan fingerprint density at radius 3 is 2.35 bits per heavy atom. The van der Waals surface area contributed by atoms with Crippen molar-refractivity contribution in [1.29, 1.82) is 0 Å². The minimum atomic E-state index is 0.901. The first-order chi connectivity index (χ1) is 8.26. The van der Waals surface area contributed by atoms with E-state index in [2.05, 4.69) is 41.8 Å². The second-order valence-electron chi connectivity index (χ2n) is 4.61. The average molecular weight is 233 g/mol. The highest BCUT2D eigenvalue weighted by atomic mass is 15.2. The fraction of sp³-hybridized carbons (Fsp3) is 0.571. The van der Waals surface area contributed by atoms with Gasteiger partial charge in [-0.15, -0.1) is 0 Å². The Morgan fingerprint density at radius 1 is 1.18 bits per heavy atom. The van der Waals surface area contributed by atoms with E-state index >= 15 is 0 Å². The molecule has 0 bridgehead atoms. The molecule has 1 aliphatic heterocycles. The van der Waals surface area contributed by atoms with Gasteiger partial charge in [0.1, 0.15) is 0 Å². The highest BCUT2D eigenvalue weighted by Gasteiger charge is 2.14. The number of nitrogen functional groups attached to an aromatic ring is 1. The lowest BCUT2D eigenvalue weighted by Gasteiger charge is -2.25. The molecule has 1 aliphatic rings. The van der Waals surface area contributed by atoms with Crippen molar-refractivity contribution in [3.8, 4) is 0 Å². The summed E-state index contributed by atoms with van der Waals surface area (Å²) in [5.74, 6) is 0. The summed E-state index contributed by atoms with van der Waals surface area (Å²) in [5, 5.41) is 0. The molecule has 0 spiro atoms. The number of benzene rings is 1. The monoisotopic (exact) mass is 233 g/mol. The predicted octanol–water partition coefficient (Wildman–Crippen LogP) is 2.72. The third-order valence-electron chi connectivity index (χ3n) is 3.59. The van der Waals surface area contributed by atoms with Crippen LogP contribution in [0.2, 0.25) is 0 Å². The molecule has 1 saturated heterocycles. The predicted molar refractivity (Wildman–Crippen MR) is 75.9 cm³/mol. The third kappa shape index (κ3) is 2.48. The fourth-order valence-electron chi connectivity index (χ4n) is 2.57. The van der Waals surface area contributed by atoms with Crippen molar-refractivity contribution < 1.29 is 0 Å². The van der Waals surface area contributed by atoms with Crippen LogP contribution in [0.5, 0.6) is 0 Å². The topological polar surface area (TPSA) is 32.5 Å². The van der Waals surface area contributed by atoms with Crippen molar-refractivity contribution in [3.63, 3.8) is 0 Å². The second-order valence-corrected chi connectivity index (χ2v) is 4.61. The molecule has 0 atom stereocenters. The molecule has 94 valence electrons. The van der Waals surface area contributed by atoms with Gasteiger partial charge in [0.05, 0.1) is 11.4 Å². The van der Waals surface area contributed by atoms with Crippen molar-refractivity contribution in [1.82, 2.24) is 0 Å². The molecule has 0 radical (unpaired) electrons. The summed E-state index contributed by atoms with van der Waals surface area (Å²) < 4.78 is 0. The van der Waals surface area contributed by atoms with Crippen LogP contribution in [-0.4, -0.2) is 26.2 Å². The van der Waals surface area contributed by atoms with E-state index in [1.807, 2.05) is 0 Å². The highest BCUT2D eigenvalue weighted by Crippen LogP contribution is 2.29. The Kier molecular flexibility index (Phi) is 3.77. The van der Waals surface area contributed by atoms with Crippen LogP contribution in [0, 0.1) is 0 Å². The smallest absolute Gasteiger partial charge is 0.0601 e. The fourth-order valence-corrected chi connectivity index (χ4v) is 2.57. The largest absolute Gasteiger partial charge is 0.397 e. The van der Waals surface area contributed by atoms with E-state index < -0.39 is 0 Å². The lowest BCUT2D eigenvalue weighted by molar-refractivity contribution is 0.867. The molecule has 17 heavy (non-hydrogen) atoms. The molecule has 2 rings (SSSR count). The quantitative estimate of drug-likeness (QED) is 0.812. The van der Waals surface area contributed by atoms with Crippen molar-refractivity contribution in [2.24, 2.45) is 0 Å². The van der Waals surface area contributed by atoms with Gasteiger partial charge in [-0.2, -0.15) is 0 Å². The van der Waals surface area contributed by atoms with Gasteiger partial charge in [-0.1, -0.05) is 0 Å². The summed E-state index contributed by atoms with van der Waals surface area (Å²) in [5.41, 5.74) is 9.51. The maximum absolute atomic E-state index is 6.17. The molecule has 2 N–H and O–H groups in total. The first-order valence-corrected chi connectivity index (χ1v) is 6.65. The number of nitrogens with zero attached hydrogens (tertiary/aromatic N) is 2. The van der Waals surface area contributed by atoms with E-state index in [-0.39, 0.29) is 0 Å². The van der Waals surface area contributed by atoms with E-state index in [1.165, 1.54) is 31.6 Å². The van der Waals surface area contributed by atoms with E-state index in [0.717, 1.165) is 24.5 Å². The van der Waals surface area contributed by atoms with Crippen molar-refractivity contribution in [2.75, 3.05) is 41.7 Å². The van der Waals surface area contributed by atoms with E-state index in [0.29, 0.717) is 0 Å². The second kappa shape index (κ2) is 5.30. The van der Waals surface area contributed by atoms with Crippen molar-refractivity contribution in [2.45, 2.75) is 26.7 Å². The van der Waals surface area contributed by atoms with Crippen LogP contribution < -0.4 is 15.5 Å². The van der Waals surface area contributed by atoms with Gasteiger partial charge in [-0.05, 0) is 44.9 Å². The Hall–Kier alpha value is -1.38. The van der Waals surface area contributed by atoms with E-state index in [4.69, 9.17) is 5.73 Å². The first kappa shape index (κ1) is 12.1. The summed E-state index contributed by atoms with van der Waals surface area (Å²) in [6.07, 6.45) is 2.61. The lowest BCUT2D eigenvalue weighted by Crippen LogP contribution is -2.23. The third-order valence-corrected chi connectivity index (χ3v) is 3.59. The average Bonchev–Trinajstić information content (AvgIpc) is 2.86. The zero-order chi connectivity index (χ0) is 12.3. The Bertz CT molecular complexity index is 366. The SMILES string of the molecule is CCN(CC)c1ccc(N2CCCC2)cc1N. The van der Waals surface area contributed by atoms with Crippen LogP contribution in [0.3, 0.4) is 0 Å². The van der Waals surface area contributed by atoms with E-state index in [9.17, 15) is 0 Å². The molecule has 0 aliphatic carbocycles. The van der Waals surface area contributed by atoms with Gasteiger partial charge in [0.25, 0.3) is 0 Å². The van der Waals surface area contributed by atoms with Crippen LogP contribution >= 0.6 is 0 Å². The molecular formula is C14H23N3. The molecule has 1 fully saturated rings. The maximum atomic E-state index is 6.17. The van der Waals surface area contributed by atoms with Crippen LogP contribution in [0.1, 0.15) is 26.7 Å². The normalized spacial score (nSPS) is 15.3. The van der Waals surface area contributed by atoms with Gasteiger partial charge in [0.15, 0.2) is 0 Å². The minimum absolute atomic E-state index is 0.901. The lowest BCUT2D eigenvalue weighted by atomic mass is 10.2. The molecule has 0 aromatic heterocycles. The summed E-state index contributed by atoms with van der Waals surface area (Å²) >= 11 is 0. The first-order valence-electron chi connectivity index (χ1n) is 6.65. The molecular weight excluding hydrogens is 210 g/mol. The molecule has 0 amide bonds. The minimum Gasteiger partial charge on any atom is -0.397 e. The van der Waals surface area contributed by atoms with Crippen LogP contribution in [0.4, 0.5) is 17.1 Å². The molecule has 1 aromatic rings. The van der Waals surface area contributed by atoms with Crippen LogP contribution in [0.15, 0.2) is 18.2 Å². The zero-order valence-electron chi connectivity index (χ0n) is 10.9. The number of rotatable bonds is 4. The summed E-state index contributed by atoms with van der Waals surface area (Å²) in [7, 11) is 0. The molecule has 3 heteroatoms. The van der Waals surface area contributed by atoms with Gasteiger partial charge in [-0.3, -0.25) is 0 Å². The summed E-state index contributed by atoms with van der Waals surface area (Å²) in [4.78, 5) is 4.71. The number of anilines is 3. The number of hydrogen-bond donors (Lipinski definition) is 1. The van der Waals surface area contributed by atoms with Gasteiger partial charge >= 0.3 is 0 Å². The van der Waals surface area contributed by atoms with Crippen LogP contribution in [-0.2, 0) is 0 Å². The molecule has 3 nitrogen and oxygen atoms in total.